The molecular weight excluding hydrogens is 291 g/mol. The second-order valence-electron chi connectivity index (χ2n) is 6.86. The standard InChI is InChI=1S/C8H20N.C8H16N.2ClH/c1-6-8(2)7-9(3,4)5;1-5-7-9(3,4)8-6-2;;/h8H,6-7H2,1-5H3;5-6H,1-2,7-8H2,3-4H3;2*1H/q2*+1;;/p-2. The molecule has 20 heavy (non-hydrogen) atoms. The van der Waals surface area contributed by atoms with Gasteiger partial charge in [-0.15, -0.1) is 0 Å². The zero-order chi connectivity index (χ0) is 14.8. The highest BCUT2D eigenvalue weighted by Crippen LogP contribution is 2.04. The number of nitrogens with zero attached hydrogens (tertiary/aromatic N) is 2. The molecule has 0 aliphatic rings. The fourth-order valence-electron chi connectivity index (χ4n) is 1.84. The van der Waals surface area contributed by atoms with Crippen molar-refractivity contribution in [3.63, 3.8) is 0 Å². The number of likely N-dealkylation sites (N-methyl/N-ethyl adjacent to an activating group) is 1. The van der Waals surface area contributed by atoms with Gasteiger partial charge in [-0.1, -0.05) is 27.0 Å². The number of halogens is 2. The molecule has 4 heteroatoms. The average molecular weight is 327 g/mol. The molecule has 1 atom stereocenters. The molecule has 0 bridgehead atoms. The Morgan fingerprint density at radius 3 is 1.40 bits per heavy atom. The van der Waals surface area contributed by atoms with E-state index >= 15 is 0 Å². The molecule has 0 rings (SSSR count). The molecule has 124 valence electrons. The molecule has 0 aromatic carbocycles. The van der Waals surface area contributed by atoms with Crippen molar-refractivity contribution in [3.8, 4) is 0 Å². The van der Waals surface area contributed by atoms with E-state index in [9.17, 15) is 0 Å². The molecule has 0 fully saturated rings. The van der Waals surface area contributed by atoms with Crippen LogP contribution in [0.1, 0.15) is 20.3 Å². The number of rotatable bonds is 7. The van der Waals surface area contributed by atoms with E-state index < -0.39 is 0 Å². The van der Waals surface area contributed by atoms with E-state index in [0.29, 0.717) is 0 Å². The first-order valence-electron chi connectivity index (χ1n) is 6.92. The average Bonchev–Trinajstić information content (AvgIpc) is 2.15. The summed E-state index contributed by atoms with van der Waals surface area (Å²) in [6.07, 6.45) is 5.17. The summed E-state index contributed by atoms with van der Waals surface area (Å²) in [5.41, 5.74) is 0. The maximum absolute atomic E-state index is 3.68. The monoisotopic (exact) mass is 326 g/mol. The van der Waals surface area contributed by atoms with Gasteiger partial charge in [-0.05, 0) is 18.6 Å². The molecule has 0 aromatic heterocycles. The normalized spacial score (nSPS) is 11.9. The lowest BCUT2D eigenvalue weighted by molar-refractivity contribution is -0.878. The maximum atomic E-state index is 3.68. The molecule has 0 spiro atoms. The zero-order valence-electron chi connectivity index (χ0n) is 14.6. The Balaban J connectivity index is -0.000000116. The predicted octanol–water partition coefficient (Wildman–Crippen LogP) is -2.82. The highest BCUT2D eigenvalue weighted by Gasteiger charge is 2.10. The topological polar surface area (TPSA) is 0 Å². The molecule has 0 radical (unpaired) electrons. The van der Waals surface area contributed by atoms with Crippen LogP contribution in [-0.2, 0) is 0 Å². The van der Waals surface area contributed by atoms with E-state index in [1.165, 1.54) is 13.0 Å². The van der Waals surface area contributed by atoms with Crippen LogP contribution in [-0.4, -0.2) is 63.8 Å². The summed E-state index contributed by atoms with van der Waals surface area (Å²) >= 11 is 0. The van der Waals surface area contributed by atoms with Gasteiger partial charge in [-0.2, -0.15) is 0 Å². The minimum Gasteiger partial charge on any atom is -1.00 e. The molecule has 0 heterocycles. The molecule has 0 amide bonds. The molecule has 1 unspecified atom stereocenters. The van der Waals surface area contributed by atoms with Crippen molar-refractivity contribution in [2.24, 2.45) is 5.92 Å². The van der Waals surface area contributed by atoms with Crippen molar-refractivity contribution in [2.45, 2.75) is 20.3 Å². The van der Waals surface area contributed by atoms with E-state index in [1.54, 1.807) is 0 Å². The first-order chi connectivity index (χ1) is 8.08. The molecule has 0 aliphatic heterocycles. The van der Waals surface area contributed by atoms with Gasteiger partial charge in [0.25, 0.3) is 0 Å². The van der Waals surface area contributed by atoms with E-state index in [0.717, 1.165) is 28.0 Å². The van der Waals surface area contributed by atoms with Crippen LogP contribution in [0, 0.1) is 5.92 Å². The van der Waals surface area contributed by atoms with Crippen LogP contribution in [0.25, 0.3) is 0 Å². The van der Waals surface area contributed by atoms with Crippen molar-refractivity contribution < 1.29 is 33.8 Å². The summed E-state index contributed by atoms with van der Waals surface area (Å²) in [7, 11) is 11.0. The summed E-state index contributed by atoms with van der Waals surface area (Å²) in [5, 5.41) is 0. The second kappa shape index (κ2) is 13.9. The predicted molar refractivity (Wildman–Crippen MR) is 84.6 cm³/mol. The third kappa shape index (κ3) is 23.1. The fourth-order valence-corrected chi connectivity index (χ4v) is 1.84. The van der Waals surface area contributed by atoms with Crippen molar-refractivity contribution in [1.82, 2.24) is 0 Å². The Hall–Kier alpha value is -0.0200. The van der Waals surface area contributed by atoms with E-state index in [1.807, 2.05) is 12.2 Å². The van der Waals surface area contributed by atoms with Crippen molar-refractivity contribution in [3.05, 3.63) is 25.3 Å². The minimum atomic E-state index is 0. The van der Waals surface area contributed by atoms with Crippen molar-refractivity contribution in [1.29, 1.82) is 0 Å². The summed E-state index contributed by atoms with van der Waals surface area (Å²) in [5.74, 6) is 0.866. The fraction of sp³-hybridized carbons (Fsp3) is 0.750. The maximum Gasteiger partial charge on any atom is 0.0969 e. The minimum absolute atomic E-state index is 0. The molecule has 0 aliphatic carbocycles. The third-order valence-corrected chi connectivity index (χ3v) is 2.80. The van der Waals surface area contributed by atoms with Gasteiger partial charge in [-0.3, -0.25) is 0 Å². The van der Waals surface area contributed by atoms with Gasteiger partial charge < -0.3 is 33.8 Å². The van der Waals surface area contributed by atoms with Gasteiger partial charge >= 0.3 is 0 Å². The third-order valence-electron chi connectivity index (χ3n) is 2.80. The van der Waals surface area contributed by atoms with E-state index in [-0.39, 0.29) is 24.8 Å². The highest BCUT2D eigenvalue weighted by atomic mass is 35.5. The van der Waals surface area contributed by atoms with Crippen LogP contribution in [0.15, 0.2) is 25.3 Å². The summed E-state index contributed by atoms with van der Waals surface area (Å²) < 4.78 is 2.04. The Morgan fingerprint density at radius 2 is 1.25 bits per heavy atom. The first-order valence-corrected chi connectivity index (χ1v) is 6.92. The number of quaternary nitrogens is 2. The van der Waals surface area contributed by atoms with E-state index in [2.05, 4.69) is 62.2 Å². The SMILES string of the molecule is C=CC[N+](C)(C)CC=C.CCC(C)C[N+](C)(C)C.[Cl-].[Cl-]. The second-order valence-corrected chi connectivity index (χ2v) is 6.86. The summed E-state index contributed by atoms with van der Waals surface area (Å²) in [4.78, 5) is 0. The largest absolute Gasteiger partial charge is 1.00 e. The Kier molecular flexibility index (Phi) is 19.6. The zero-order valence-corrected chi connectivity index (χ0v) is 16.1. The van der Waals surface area contributed by atoms with Gasteiger partial charge in [0.1, 0.15) is 0 Å². The van der Waals surface area contributed by atoms with Crippen LogP contribution in [0.4, 0.5) is 0 Å². The van der Waals surface area contributed by atoms with E-state index in [4.69, 9.17) is 0 Å². The van der Waals surface area contributed by atoms with Crippen LogP contribution in [0.3, 0.4) is 0 Å². The molecular formula is C16H36Cl2N2. The molecule has 0 saturated heterocycles. The summed E-state index contributed by atoms with van der Waals surface area (Å²) in [6, 6.07) is 0. The van der Waals surface area contributed by atoms with Crippen molar-refractivity contribution in [2.75, 3.05) is 54.9 Å². The van der Waals surface area contributed by atoms with Crippen molar-refractivity contribution >= 4 is 0 Å². The lowest BCUT2D eigenvalue weighted by atomic mass is 10.1. The molecule has 0 saturated carbocycles. The van der Waals surface area contributed by atoms with Crippen LogP contribution < -0.4 is 24.8 Å². The highest BCUT2D eigenvalue weighted by molar-refractivity contribution is 4.69. The Bertz CT molecular complexity index is 221. The lowest BCUT2D eigenvalue weighted by Gasteiger charge is -2.26. The van der Waals surface area contributed by atoms with Crippen LogP contribution in [0.5, 0.6) is 0 Å². The molecule has 0 aromatic rings. The number of hydrogen-bond donors (Lipinski definition) is 0. The van der Waals surface area contributed by atoms with Crippen LogP contribution in [0.2, 0.25) is 0 Å². The lowest BCUT2D eigenvalue weighted by Crippen LogP contribution is -3.00. The first kappa shape index (κ1) is 28.2. The van der Waals surface area contributed by atoms with Gasteiger partial charge in [0, 0.05) is 5.92 Å². The molecule has 0 N–H and O–H groups in total. The van der Waals surface area contributed by atoms with Gasteiger partial charge in [-0.25, -0.2) is 0 Å². The van der Waals surface area contributed by atoms with Gasteiger partial charge in [0.15, 0.2) is 0 Å². The van der Waals surface area contributed by atoms with Gasteiger partial charge in [0.2, 0.25) is 0 Å². The Labute approximate surface area is 140 Å². The smallest absolute Gasteiger partial charge is 0.0969 e. The summed E-state index contributed by atoms with van der Waals surface area (Å²) in [6.45, 7) is 15.2. The van der Waals surface area contributed by atoms with Gasteiger partial charge in [0.05, 0.1) is 54.9 Å². The van der Waals surface area contributed by atoms with Crippen LogP contribution >= 0.6 is 0 Å². The number of hydrogen-bond acceptors (Lipinski definition) is 0. The Morgan fingerprint density at radius 1 is 0.900 bits per heavy atom. The quantitative estimate of drug-likeness (QED) is 0.350. The molecule has 2 nitrogen and oxygen atoms in total.